The first-order chi connectivity index (χ1) is 12.6. The molecular weight excluding hydrogens is 356 g/mol. The fourth-order valence-electron chi connectivity index (χ4n) is 2.82. The van der Waals surface area contributed by atoms with Crippen molar-refractivity contribution in [3.05, 3.63) is 41.1 Å². The smallest absolute Gasteiger partial charge is 0.266 e. The molecule has 0 unspecified atom stereocenters. The van der Waals surface area contributed by atoms with Gasteiger partial charge in [0.25, 0.3) is 5.91 Å². The van der Waals surface area contributed by atoms with Crippen LogP contribution in [0.4, 0.5) is 5.69 Å². The average Bonchev–Trinajstić information content (AvgIpc) is 2.66. The number of rotatable bonds is 7. The first kappa shape index (κ1) is 20.0. The summed E-state index contributed by atoms with van der Waals surface area (Å²) in [7, 11) is 0. The summed E-state index contributed by atoms with van der Waals surface area (Å²) in [5.74, 6) is -0.479. The molecule has 1 aromatic carbocycles. The third kappa shape index (κ3) is 5.36. The van der Waals surface area contributed by atoms with Gasteiger partial charge in [-0.2, -0.15) is 5.26 Å². The maximum absolute atomic E-state index is 12.4. The van der Waals surface area contributed by atoms with Crippen LogP contribution in [0.5, 0.6) is 0 Å². The third-order valence-electron chi connectivity index (χ3n) is 4.18. The van der Waals surface area contributed by atoms with Gasteiger partial charge in [-0.15, -0.1) is 0 Å². The van der Waals surface area contributed by atoms with Crippen molar-refractivity contribution in [1.82, 2.24) is 9.80 Å². The van der Waals surface area contributed by atoms with Gasteiger partial charge in [-0.1, -0.05) is 17.7 Å². The molecule has 1 heterocycles. The lowest BCUT2D eigenvalue weighted by molar-refractivity contribution is -0.127. The standard InChI is InChI=1S/C18H23ClN4O3/c19-16-2-1-3-17(12-16)22-6-4-21(5-7-22)14-15(13-20)18(26)23(8-10-24)9-11-25/h1-3,12,14,24-25H,4-11H2/b15-14-. The molecular formula is C18H23ClN4O3. The van der Waals surface area contributed by atoms with Crippen LogP contribution in [0.2, 0.25) is 5.02 Å². The van der Waals surface area contributed by atoms with Crippen molar-refractivity contribution in [3.63, 3.8) is 0 Å². The van der Waals surface area contributed by atoms with Crippen molar-refractivity contribution in [3.8, 4) is 6.07 Å². The molecule has 0 radical (unpaired) electrons. The fraction of sp³-hybridized carbons (Fsp3) is 0.444. The molecule has 140 valence electrons. The highest BCUT2D eigenvalue weighted by molar-refractivity contribution is 6.30. The SMILES string of the molecule is N#C/C(=C/N1CCN(c2cccc(Cl)c2)CC1)C(=O)N(CCO)CCO. The molecule has 26 heavy (non-hydrogen) atoms. The minimum absolute atomic E-state index is 0.00288. The van der Waals surface area contributed by atoms with E-state index in [1.807, 2.05) is 35.2 Å². The Morgan fingerprint density at radius 3 is 2.42 bits per heavy atom. The van der Waals surface area contributed by atoms with Gasteiger partial charge in [0.15, 0.2) is 0 Å². The van der Waals surface area contributed by atoms with E-state index in [4.69, 9.17) is 21.8 Å². The van der Waals surface area contributed by atoms with Crippen LogP contribution >= 0.6 is 11.6 Å². The third-order valence-corrected chi connectivity index (χ3v) is 4.41. The van der Waals surface area contributed by atoms with Crippen molar-refractivity contribution < 1.29 is 15.0 Å². The number of aliphatic hydroxyl groups excluding tert-OH is 2. The Labute approximate surface area is 158 Å². The van der Waals surface area contributed by atoms with Crippen molar-refractivity contribution in [2.75, 3.05) is 57.4 Å². The summed E-state index contributed by atoms with van der Waals surface area (Å²) >= 11 is 6.04. The van der Waals surface area contributed by atoms with Crippen LogP contribution in [0.1, 0.15) is 0 Å². The van der Waals surface area contributed by atoms with Gasteiger partial charge in [0.2, 0.25) is 0 Å². The lowest BCUT2D eigenvalue weighted by Crippen LogP contribution is -2.44. The second kappa shape index (κ2) is 10.0. The molecule has 0 aromatic heterocycles. The van der Waals surface area contributed by atoms with E-state index in [-0.39, 0.29) is 31.9 Å². The van der Waals surface area contributed by atoms with Crippen LogP contribution in [0.3, 0.4) is 0 Å². The van der Waals surface area contributed by atoms with Gasteiger partial charge in [0.05, 0.1) is 13.2 Å². The summed E-state index contributed by atoms with van der Waals surface area (Å²) in [6.45, 7) is 2.57. The quantitative estimate of drug-likeness (QED) is 0.535. The summed E-state index contributed by atoms with van der Waals surface area (Å²) in [5, 5.41) is 28.1. The topological polar surface area (TPSA) is 91.0 Å². The predicted octanol–water partition coefficient (Wildman–Crippen LogP) is 0.683. The molecule has 2 rings (SSSR count). The number of aliphatic hydroxyl groups is 2. The Kier molecular flexibility index (Phi) is 7.73. The molecule has 0 spiro atoms. The number of nitrogens with zero attached hydrogens (tertiary/aromatic N) is 4. The van der Waals surface area contributed by atoms with Crippen molar-refractivity contribution in [1.29, 1.82) is 5.26 Å². The predicted molar refractivity (Wildman–Crippen MR) is 99.7 cm³/mol. The average molecular weight is 379 g/mol. The van der Waals surface area contributed by atoms with E-state index in [0.717, 1.165) is 18.8 Å². The van der Waals surface area contributed by atoms with Crippen LogP contribution in [0, 0.1) is 11.3 Å². The molecule has 7 nitrogen and oxygen atoms in total. The van der Waals surface area contributed by atoms with E-state index in [9.17, 15) is 10.1 Å². The monoisotopic (exact) mass is 378 g/mol. The molecule has 0 bridgehead atoms. The van der Waals surface area contributed by atoms with Crippen LogP contribution in [-0.4, -0.2) is 78.4 Å². The first-order valence-corrected chi connectivity index (χ1v) is 8.84. The van der Waals surface area contributed by atoms with Gasteiger partial charge in [0.1, 0.15) is 11.6 Å². The normalized spacial score (nSPS) is 14.9. The molecule has 0 atom stereocenters. The largest absolute Gasteiger partial charge is 0.395 e. The number of carbonyl (C=O) groups excluding carboxylic acids is 1. The molecule has 1 fully saturated rings. The van der Waals surface area contributed by atoms with Crippen LogP contribution in [-0.2, 0) is 4.79 Å². The molecule has 1 aliphatic heterocycles. The van der Waals surface area contributed by atoms with Crippen LogP contribution in [0.25, 0.3) is 0 Å². The number of nitriles is 1. The van der Waals surface area contributed by atoms with E-state index in [1.165, 1.54) is 4.90 Å². The number of piperazine rings is 1. The van der Waals surface area contributed by atoms with Gasteiger partial charge < -0.3 is 24.9 Å². The molecule has 1 aromatic rings. The molecule has 1 aliphatic rings. The van der Waals surface area contributed by atoms with Gasteiger partial charge in [-0.05, 0) is 18.2 Å². The molecule has 1 amide bonds. The molecule has 0 aliphatic carbocycles. The number of carbonyl (C=O) groups is 1. The number of benzene rings is 1. The van der Waals surface area contributed by atoms with Gasteiger partial charge in [-0.25, -0.2) is 0 Å². The Morgan fingerprint density at radius 1 is 1.23 bits per heavy atom. The van der Waals surface area contributed by atoms with Crippen molar-refractivity contribution in [2.45, 2.75) is 0 Å². The van der Waals surface area contributed by atoms with Crippen LogP contribution < -0.4 is 4.90 Å². The summed E-state index contributed by atoms with van der Waals surface area (Å²) < 4.78 is 0. The van der Waals surface area contributed by atoms with Crippen LogP contribution in [0.15, 0.2) is 36.0 Å². The van der Waals surface area contributed by atoms with E-state index >= 15 is 0 Å². The Morgan fingerprint density at radius 2 is 1.88 bits per heavy atom. The zero-order valence-corrected chi connectivity index (χ0v) is 15.3. The van der Waals surface area contributed by atoms with Gasteiger partial charge in [0, 0.05) is 56.2 Å². The van der Waals surface area contributed by atoms with Crippen molar-refractivity contribution in [2.24, 2.45) is 0 Å². The Balaban J connectivity index is 2.00. The minimum Gasteiger partial charge on any atom is -0.395 e. The fourth-order valence-corrected chi connectivity index (χ4v) is 3.01. The number of hydrogen-bond acceptors (Lipinski definition) is 6. The maximum atomic E-state index is 12.4. The number of amides is 1. The summed E-state index contributed by atoms with van der Waals surface area (Å²) in [6.07, 6.45) is 1.57. The van der Waals surface area contributed by atoms with E-state index in [0.29, 0.717) is 18.1 Å². The second-order valence-corrected chi connectivity index (χ2v) is 6.33. The number of anilines is 1. The zero-order valence-electron chi connectivity index (χ0n) is 14.5. The maximum Gasteiger partial charge on any atom is 0.266 e. The van der Waals surface area contributed by atoms with Gasteiger partial charge in [-0.3, -0.25) is 4.79 Å². The minimum atomic E-state index is -0.479. The Hall–Kier alpha value is -2.27. The van der Waals surface area contributed by atoms with E-state index in [1.54, 1.807) is 6.20 Å². The number of halogens is 1. The second-order valence-electron chi connectivity index (χ2n) is 5.90. The first-order valence-electron chi connectivity index (χ1n) is 8.46. The molecule has 8 heteroatoms. The highest BCUT2D eigenvalue weighted by atomic mass is 35.5. The summed E-state index contributed by atoms with van der Waals surface area (Å²) in [6, 6.07) is 9.59. The lowest BCUT2D eigenvalue weighted by atomic mass is 10.2. The van der Waals surface area contributed by atoms with Crippen molar-refractivity contribution >= 4 is 23.2 Å². The summed E-state index contributed by atoms with van der Waals surface area (Å²) in [5.41, 5.74) is 1.05. The van der Waals surface area contributed by atoms with Gasteiger partial charge >= 0.3 is 0 Å². The molecule has 0 saturated carbocycles. The van der Waals surface area contributed by atoms with E-state index in [2.05, 4.69) is 4.90 Å². The molecule has 1 saturated heterocycles. The Bertz CT molecular complexity index is 675. The molecule has 2 N–H and O–H groups in total. The lowest BCUT2D eigenvalue weighted by Gasteiger charge is -2.35. The zero-order chi connectivity index (χ0) is 18.9. The summed E-state index contributed by atoms with van der Waals surface area (Å²) in [4.78, 5) is 17.8. The number of hydrogen-bond donors (Lipinski definition) is 2. The highest BCUT2D eigenvalue weighted by Crippen LogP contribution is 2.21. The highest BCUT2D eigenvalue weighted by Gasteiger charge is 2.21. The van der Waals surface area contributed by atoms with E-state index < -0.39 is 5.91 Å².